The Morgan fingerprint density at radius 2 is 1.59 bits per heavy atom. The lowest BCUT2D eigenvalue weighted by molar-refractivity contribution is 0.311. The van der Waals surface area contributed by atoms with Gasteiger partial charge in [0.2, 0.25) is 5.95 Å². The highest BCUT2D eigenvalue weighted by molar-refractivity contribution is 6.33. The van der Waals surface area contributed by atoms with Gasteiger partial charge in [0, 0.05) is 37.8 Å². The second kappa shape index (κ2) is 7.94. The highest BCUT2D eigenvalue weighted by Crippen LogP contribution is 2.28. The highest BCUT2D eigenvalue weighted by atomic mass is 35.5. The van der Waals surface area contributed by atoms with E-state index in [2.05, 4.69) is 34.3 Å². The molecule has 0 saturated carbocycles. The Morgan fingerprint density at radius 3 is 2.33 bits per heavy atom. The monoisotopic (exact) mass is 379 g/mol. The van der Waals surface area contributed by atoms with Gasteiger partial charge >= 0.3 is 0 Å². The van der Waals surface area contributed by atoms with E-state index >= 15 is 0 Å². The fraction of sp³-hybridized carbons (Fsp3) is 0.238. The molecule has 0 amide bonds. The Labute approximate surface area is 164 Å². The summed E-state index contributed by atoms with van der Waals surface area (Å²) in [6.45, 7) is 3.85. The molecule has 0 aliphatic carbocycles. The Balaban J connectivity index is 1.71. The molecule has 1 fully saturated rings. The molecule has 2 heterocycles. The van der Waals surface area contributed by atoms with E-state index in [1.807, 2.05) is 48.5 Å². The van der Waals surface area contributed by atoms with E-state index in [-0.39, 0.29) is 0 Å². The van der Waals surface area contributed by atoms with E-state index in [0.29, 0.717) is 5.02 Å². The lowest BCUT2D eigenvalue weighted by atomic mass is 10.1. The van der Waals surface area contributed by atoms with Gasteiger partial charge in [0.25, 0.3) is 0 Å². The predicted molar refractivity (Wildman–Crippen MR) is 112 cm³/mol. The maximum atomic E-state index is 6.31. The van der Waals surface area contributed by atoms with Gasteiger partial charge in [-0.3, -0.25) is 0 Å². The highest BCUT2D eigenvalue weighted by Gasteiger charge is 2.18. The molecule has 138 valence electrons. The van der Waals surface area contributed by atoms with Crippen molar-refractivity contribution in [2.45, 2.75) is 0 Å². The molecule has 1 N–H and O–H groups in total. The minimum Gasteiger partial charge on any atom is -0.339 e. The molecular formula is C21H22ClN5. The number of piperazine rings is 1. The number of hydrogen-bond donors (Lipinski definition) is 1. The van der Waals surface area contributed by atoms with Crippen LogP contribution in [0, 0.1) is 0 Å². The molecule has 0 unspecified atom stereocenters. The average Bonchev–Trinajstić information content (AvgIpc) is 2.71. The Hall–Kier alpha value is -2.63. The summed E-state index contributed by atoms with van der Waals surface area (Å²) in [5, 5.41) is 4.02. The molecular weight excluding hydrogens is 358 g/mol. The zero-order valence-electron chi connectivity index (χ0n) is 15.3. The molecule has 4 rings (SSSR count). The number of likely N-dealkylation sites (N-methyl/N-ethyl adjacent to an activating group) is 1. The van der Waals surface area contributed by atoms with Crippen LogP contribution in [0.2, 0.25) is 5.02 Å². The van der Waals surface area contributed by atoms with Gasteiger partial charge in [0.1, 0.15) is 5.82 Å². The molecule has 27 heavy (non-hydrogen) atoms. The third-order valence-corrected chi connectivity index (χ3v) is 5.04. The minimum atomic E-state index is 0.665. The number of halogens is 1. The molecule has 3 aromatic rings. The summed E-state index contributed by atoms with van der Waals surface area (Å²) in [4.78, 5) is 14.2. The lowest BCUT2D eigenvalue weighted by Crippen LogP contribution is -2.45. The van der Waals surface area contributed by atoms with Crippen LogP contribution in [0.15, 0.2) is 60.7 Å². The third kappa shape index (κ3) is 4.21. The smallest absolute Gasteiger partial charge is 0.227 e. The summed E-state index contributed by atoms with van der Waals surface area (Å²) < 4.78 is 0. The maximum absolute atomic E-state index is 6.31. The zero-order valence-corrected chi connectivity index (χ0v) is 16.0. The summed E-state index contributed by atoms with van der Waals surface area (Å²) in [7, 11) is 2.14. The fourth-order valence-corrected chi connectivity index (χ4v) is 3.29. The molecule has 1 saturated heterocycles. The van der Waals surface area contributed by atoms with Crippen molar-refractivity contribution < 1.29 is 0 Å². The van der Waals surface area contributed by atoms with Crippen LogP contribution >= 0.6 is 11.6 Å². The average molecular weight is 380 g/mol. The van der Waals surface area contributed by atoms with E-state index in [1.54, 1.807) is 0 Å². The number of aromatic nitrogens is 2. The Kier molecular flexibility index (Phi) is 5.23. The first-order chi connectivity index (χ1) is 13.2. The van der Waals surface area contributed by atoms with Crippen LogP contribution in [0.4, 0.5) is 17.5 Å². The first kappa shape index (κ1) is 17.8. The van der Waals surface area contributed by atoms with Crippen LogP contribution in [0.5, 0.6) is 0 Å². The Bertz CT molecular complexity index is 907. The molecule has 0 atom stereocenters. The van der Waals surface area contributed by atoms with Crippen LogP contribution in [0.25, 0.3) is 11.3 Å². The normalized spacial score (nSPS) is 15.0. The summed E-state index contributed by atoms with van der Waals surface area (Å²) in [5.74, 6) is 1.49. The van der Waals surface area contributed by atoms with E-state index in [0.717, 1.165) is 54.9 Å². The lowest BCUT2D eigenvalue weighted by Gasteiger charge is -2.32. The largest absolute Gasteiger partial charge is 0.339 e. The van der Waals surface area contributed by atoms with Gasteiger partial charge in [-0.15, -0.1) is 0 Å². The van der Waals surface area contributed by atoms with Gasteiger partial charge in [0.15, 0.2) is 0 Å². The number of rotatable bonds is 4. The van der Waals surface area contributed by atoms with Crippen LogP contribution in [-0.2, 0) is 0 Å². The summed E-state index contributed by atoms with van der Waals surface area (Å²) in [5.41, 5.74) is 2.80. The van der Waals surface area contributed by atoms with Crippen LogP contribution in [-0.4, -0.2) is 48.1 Å². The molecule has 2 aromatic carbocycles. The predicted octanol–water partition coefficient (Wildman–Crippen LogP) is 4.29. The maximum Gasteiger partial charge on any atom is 0.227 e. The van der Waals surface area contributed by atoms with Crippen LogP contribution in [0.3, 0.4) is 0 Å². The molecule has 0 spiro atoms. The van der Waals surface area contributed by atoms with Crippen molar-refractivity contribution in [3.05, 3.63) is 65.7 Å². The standard InChI is InChI=1S/C21H22ClN5/c1-26-11-13-27(14-12-26)21-24-19(16-7-3-2-4-8-16)15-20(25-21)23-18-10-6-5-9-17(18)22/h2-10,15H,11-14H2,1H3,(H,23,24,25). The molecule has 0 bridgehead atoms. The number of benzene rings is 2. The van der Waals surface area contributed by atoms with Crippen molar-refractivity contribution in [1.29, 1.82) is 0 Å². The quantitative estimate of drug-likeness (QED) is 0.732. The first-order valence-corrected chi connectivity index (χ1v) is 9.46. The van der Waals surface area contributed by atoms with Crippen LogP contribution in [0.1, 0.15) is 0 Å². The van der Waals surface area contributed by atoms with Gasteiger partial charge < -0.3 is 15.1 Å². The number of nitrogens with one attached hydrogen (secondary N) is 1. The van der Waals surface area contributed by atoms with Crippen molar-refractivity contribution in [3.8, 4) is 11.3 Å². The SMILES string of the molecule is CN1CCN(c2nc(Nc3ccccc3Cl)cc(-c3ccccc3)n2)CC1. The molecule has 0 radical (unpaired) electrons. The minimum absolute atomic E-state index is 0.665. The molecule has 5 nitrogen and oxygen atoms in total. The number of nitrogens with zero attached hydrogens (tertiary/aromatic N) is 4. The summed E-state index contributed by atoms with van der Waals surface area (Å²) in [6.07, 6.45) is 0. The Morgan fingerprint density at radius 1 is 0.889 bits per heavy atom. The third-order valence-electron chi connectivity index (χ3n) is 4.71. The van der Waals surface area contributed by atoms with E-state index < -0.39 is 0 Å². The van der Waals surface area contributed by atoms with Crippen molar-refractivity contribution in [1.82, 2.24) is 14.9 Å². The molecule has 1 aliphatic rings. The van der Waals surface area contributed by atoms with Gasteiger partial charge in [-0.05, 0) is 19.2 Å². The molecule has 1 aromatic heterocycles. The number of hydrogen-bond acceptors (Lipinski definition) is 5. The number of anilines is 3. The van der Waals surface area contributed by atoms with E-state index in [4.69, 9.17) is 21.6 Å². The van der Waals surface area contributed by atoms with Crippen molar-refractivity contribution in [2.24, 2.45) is 0 Å². The summed E-state index contributed by atoms with van der Waals surface area (Å²) in [6, 6.07) is 19.8. The molecule has 1 aliphatic heterocycles. The molecule has 6 heteroatoms. The van der Waals surface area contributed by atoms with E-state index in [9.17, 15) is 0 Å². The number of para-hydroxylation sites is 1. The van der Waals surface area contributed by atoms with Crippen molar-refractivity contribution in [2.75, 3.05) is 43.4 Å². The van der Waals surface area contributed by atoms with Crippen molar-refractivity contribution >= 4 is 29.1 Å². The van der Waals surface area contributed by atoms with Gasteiger partial charge in [0.05, 0.1) is 16.4 Å². The summed E-state index contributed by atoms with van der Waals surface area (Å²) >= 11 is 6.31. The van der Waals surface area contributed by atoms with Gasteiger partial charge in [-0.25, -0.2) is 4.98 Å². The van der Waals surface area contributed by atoms with Crippen molar-refractivity contribution in [3.63, 3.8) is 0 Å². The van der Waals surface area contributed by atoms with Crippen LogP contribution < -0.4 is 10.2 Å². The van der Waals surface area contributed by atoms with Gasteiger partial charge in [-0.2, -0.15) is 4.98 Å². The van der Waals surface area contributed by atoms with Gasteiger partial charge in [-0.1, -0.05) is 54.1 Å². The second-order valence-corrected chi connectivity index (χ2v) is 7.11. The van der Waals surface area contributed by atoms with E-state index in [1.165, 1.54) is 0 Å². The fourth-order valence-electron chi connectivity index (χ4n) is 3.10. The second-order valence-electron chi connectivity index (χ2n) is 6.70. The first-order valence-electron chi connectivity index (χ1n) is 9.08. The topological polar surface area (TPSA) is 44.3 Å². The zero-order chi connectivity index (χ0) is 18.6.